The number of urea groups is 1. The number of hydrogen-bond acceptors (Lipinski definition) is 8. The summed E-state index contributed by atoms with van der Waals surface area (Å²) >= 11 is 4.38. The zero-order chi connectivity index (χ0) is 19.4. The van der Waals surface area contributed by atoms with E-state index >= 15 is 0 Å². The number of hydrogen-bond donors (Lipinski definition) is 2. The van der Waals surface area contributed by atoms with Gasteiger partial charge in [0.25, 0.3) is 5.22 Å². The number of amides is 3. The first-order valence-corrected chi connectivity index (χ1v) is 11.4. The first-order valence-electron chi connectivity index (χ1n) is 7.84. The molecule has 12 heteroatoms. The lowest BCUT2D eigenvalue weighted by Gasteiger charge is -2.10. The molecule has 0 bridgehead atoms. The fraction of sp³-hybridized carbons (Fsp3) is 0.333. The van der Waals surface area contributed by atoms with Gasteiger partial charge in [-0.15, -0.1) is 10.2 Å². The number of aromatic nitrogens is 2. The number of carbonyl (C=O) groups is 2. The summed E-state index contributed by atoms with van der Waals surface area (Å²) in [5.74, 6) is -0.416. The number of rotatable bonds is 5. The molecule has 27 heavy (non-hydrogen) atoms. The molecule has 2 heterocycles. The van der Waals surface area contributed by atoms with E-state index < -0.39 is 27.8 Å². The molecule has 0 aliphatic carbocycles. The van der Waals surface area contributed by atoms with Crippen molar-refractivity contribution in [2.45, 2.75) is 17.7 Å². The maximum Gasteiger partial charge on any atom is 0.321 e. The van der Waals surface area contributed by atoms with Crippen molar-refractivity contribution < 1.29 is 22.4 Å². The molecule has 1 aromatic carbocycles. The van der Waals surface area contributed by atoms with Gasteiger partial charge in [0.1, 0.15) is 0 Å². The van der Waals surface area contributed by atoms with Crippen LogP contribution in [-0.2, 0) is 14.6 Å². The molecule has 3 amide bonds. The van der Waals surface area contributed by atoms with E-state index in [-0.39, 0.29) is 22.5 Å². The minimum Gasteiger partial charge on any atom is -0.411 e. The van der Waals surface area contributed by atoms with Gasteiger partial charge in [0.15, 0.2) is 9.84 Å². The molecule has 1 atom stereocenters. The topological polar surface area (TPSA) is 131 Å². The van der Waals surface area contributed by atoms with Crippen molar-refractivity contribution in [3.63, 3.8) is 0 Å². The lowest BCUT2D eigenvalue weighted by molar-refractivity contribution is -0.117. The third kappa shape index (κ3) is 5.53. The maximum absolute atomic E-state index is 11.9. The van der Waals surface area contributed by atoms with Gasteiger partial charge < -0.3 is 9.73 Å². The number of benzene rings is 1. The Morgan fingerprint density at radius 3 is 2.78 bits per heavy atom. The van der Waals surface area contributed by atoms with Crippen molar-refractivity contribution in [3.05, 3.63) is 28.7 Å². The van der Waals surface area contributed by atoms with Crippen molar-refractivity contribution in [1.29, 1.82) is 0 Å². The number of thioether (sulfide) groups is 1. The molecule has 144 valence electrons. The largest absolute Gasteiger partial charge is 0.411 e. The van der Waals surface area contributed by atoms with Crippen LogP contribution in [0.4, 0.5) is 4.79 Å². The van der Waals surface area contributed by atoms with Crippen LogP contribution < -0.4 is 10.6 Å². The molecule has 2 aromatic rings. The molecule has 2 N–H and O–H groups in total. The van der Waals surface area contributed by atoms with Gasteiger partial charge >= 0.3 is 6.03 Å². The van der Waals surface area contributed by atoms with Gasteiger partial charge in [-0.1, -0.05) is 23.9 Å². The van der Waals surface area contributed by atoms with Gasteiger partial charge in [0, 0.05) is 10.5 Å². The molecule has 0 saturated carbocycles. The van der Waals surface area contributed by atoms with Crippen molar-refractivity contribution in [2.75, 3.05) is 17.3 Å². The lowest BCUT2D eigenvalue weighted by atomic mass is 10.2. The molecule has 3 rings (SSSR count). The van der Waals surface area contributed by atoms with Gasteiger partial charge in [0.05, 0.1) is 22.8 Å². The number of carbonyl (C=O) groups excluding carboxylic acids is 2. The Morgan fingerprint density at radius 2 is 2.07 bits per heavy atom. The number of nitrogens with one attached hydrogen (secondary N) is 2. The third-order valence-corrected chi connectivity index (χ3v) is 6.94. The van der Waals surface area contributed by atoms with E-state index in [0.29, 0.717) is 12.3 Å². The van der Waals surface area contributed by atoms with Crippen molar-refractivity contribution in [1.82, 2.24) is 20.8 Å². The zero-order valence-corrected chi connectivity index (χ0v) is 17.1. The molecule has 9 nitrogen and oxygen atoms in total. The number of sulfone groups is 1. The molecule has 1 aliphatic heterocycles. The van der Waals surface area contributed by atoms with E-state index in [1.165, 1.54) is 0 Å². The molecule has 1 saturated heterocycles. The van der Waals surface area contributed by atoms with Crippen LogP contribution in [0.25, 0.3) is 11.5 Å². The predicted molar refractivity (Wildman–Crippen MR) is 102 cm³/mol. The second kappa shape index (κ2) is 8.40. The predicted octanol–water partition coefficient (Wildman–Crippen LogP) is 1.60. The zero-order valence-electron chi connectivity index (χ0n) is 13.8. The van der Waals surface area contributed by atoms with E-state index in [9.17, 15) is 18.0 Å². The highest BCUT2D eigenvalue weighted by molar-refractivity contribution is 9.10. The van der Waals surface area contributed by atoms with Crippen molar-refractivity contribution >= 4 is 49.5 Å². The van der Waals surface area contributed by atoms with Crippen LogP contribution in [0, 0.1) is 0 Å². The Labute approximate surface area is 167 Å². The average molecular weight is 475 g/mol. The summed E-state index contributed by atoms with van der Waals surface area (Å²) in [7, 11) is -3.10. The number of halogens is 1. The summed E-state index contributed by atoms with van der Waals surface area (Å²) < 4.78 is 29.0. The normalized spacial score (nSPS) is 18.2. The molecule has 1 aliphatic rings. The Morgan fingerprint density at radius 1 is 1.30 bits per heavy atom. The molecule has 0 spiro atoms. The first-order chi connectivity index (χ1) is 12.8. The van der Waals surface area contributed by atoms with Crippen LogP contribution in [-0.4, -0.2) is 53.9 Å². The Balaban J connectivity index is 1.47. The summed E-state index contributed by atoms with van der Waals surface area (Å²) in [5, 5.41) is 12.6. The molecule has 1 fully saturated rings. The van der Waals surface area contributed by atoms with Crippen LogP contribution >= 0.6 is 27.7 Å². The molecule has 0 radical (unpaired) electrons. The first kappa shape index (κ1) is 19.8. The number of nitrogens with zero attached hydrogens (tertiary/aromatic N) is 2. The fourth-order valence-corrected chi connectivity index (χ4v) is 5.12. The van der Waals surface area contributed by atoms with Gasteiger partial charge in [-0.3, -0.25) is 10.1 Å². The molecule has 1 aromatic heterocycles. The van der Waals surface area contributed by atoms with E-state index in [2.05, 4.69) is 36.8 Å². The molecule has 0 unspecified atom stereocenters. The number of imide groups is 1. The minimum atomic E-state index is -3.10. The van der Waals surface area contributed by atoms with Crippen LogP contribution in [0.5, 0.6) is 0 Å². The molecular weight excluding hydrogens is 460 g/mol. The second-order valence-corrected chi connectivity index (χ2v) is 9.77. The van der Waals surface area contributed by atoms with E-state index in [1.807, 2.05) is 24.3 Å². The van der Waals surface area contributed by atoms with Crippen LogP contribution in [0.1, 0.15) is 6.42 Å². The van der Waals surface area contributed by atoms with Crippen LogP contribution in [0.3, 0.4) is 0 Å². The fourth-order valence-electron chi connectivity index (χ4n) is 2.43. The highest BCUT2D eigenvalue weighted by atomic mass is 79.9. The van der Waals surface area contributed by atoms with Crippen molar-refractivity contribution in [2.24, 2.45) is 0 Å². The quantitative estimate of drug-likeness (QED) is 0.624. The lowest BCUT2D eigenvalue weighted by Crippen LogP contribution is -2.45. The summed E-state index contributed by atoms with van der Waals surface area (Å²) in [6.45, 7) is 0. The second-order valence-electron chi connectivity index (χ2n) is 5.76. The Kier molecular flexibility index (Phi) is 6.17. The summed E-state index contributed by atoms with van der Waals surface area (Å²) in [6.07, 6.45) is 0.346. The SMILES string of the molecule is O=C(CSc1nnc(-c2ccccc2Br)o1)NC(=O)N[C@H]1CCS(=O)(=O)C1. The van der Waals surface area contributed by atoms with Crippen LogP contribution in [0.2, 0.25) is 0 Å². The maximum atomic E-state index is 11.9. The van der Waals surface area contributed by atoms with E-state index in [1.54, 1.807) is 0 Å². The minimum absolute atomic E-state index is 0.0404. The summed E-state index contributed by atoms with van der Waals surface area (Å²) in [5.41, 5.74) is 0.729. The standard InChI is InChI=1S/C15H15BrN4O5S2/c16-11-4-2-1-3-10(11)13-19-20-15(25-13)26-7-12(21)18-14(22)17-9-5-6-27(23,24)8-9/h1-4,9H,5-8H2,(H2,17,18,21,22)/t9-/m0/s1. The molecular formula is C15H15BrN4O5S2. The smallest absolute Gasteiger partial charge is 0.321 e. The highest BCUT2D eigenvalue weighted by Crippen LogP contribution is 2.28. The monoisotopic (exact) mass is 474 g/mol. The summed E-state index contributed by atoms with van der Waals surface area (Å²) in [6, 6.07) is 6.15. The Bertz CT molecular complexity index is 963. The highest BCUT2D eigenvalue weighted by Gasteiger charge is 2.29. The van der Waals surface area contributed by atoms with Gasteiger partial charge in [0.2, 0.25) is 11.8 Å². The van der Waals surface area contributed by atoms with Gasteiger partial charge in [-0.25, -0.2) is 13.2 Å². The summed E-state index contributed by atoms with van der Waals surface area (Å²) in [4.78, 5) is 23.6. The van der Waals surface area contributed by atoms with Gasteiger partial charge in [-0.05, 0) is 34.5 Å². The van der Waals surface area contributed by atoms with Gasteiger partial charge in [-0.2, -0.15) is 0 Å². The Hall–Kier alpha value is -1.92. The average Bonchev–Trinajstić information content (AvgIpc) is 3.19. The van der Waals surface area contributed by atoms with E-state index in [4.69, 9.17) is 4.42 Å². The van der Waals surface area contributed by atoms with Crippen molar-refractivity contribution in [3.8, 4) is 11.5 Å². The van der Waals surface area contributed by atoms with Crippen LogP contribution in [0.15, 0.2) is 38.4 Å². The van der Waals surface area contributed by atoms with E-state index in [0.717, 1.165) is 21.8 Å². The third-order valence-electron chi connectivity index (χ3n) is 3.66.